The number of fused-ring (bicyclic) bond motifs is 1. The van der Waals surface area contributed by atoms with E-state index >= 15 is 0 Å². The molecule has 3 N–H and O–H groups in total. The van der Waals surface area contributed by atoms with Crippen LogP contribution in [-0.4, -0.2) is 11.6 Å². The van der Waals surface area contributed by atoms with Crippen molar-refractivity contribution < 1.29 is 0 Å². The number of hydrogen-bond acceptors (Lipinski definition) is 2. The van der Waals surface area contributed by atoms with E-state index in [2.05, 4.69) is 48.0 Å². The maximum Gasteiger partial charge on any atom is 0.0488 e. The molecule has 0 aliphatic heterocycles. The lowest BCUT2D eigenvalue weighted by Crippen LogP contribution is -2.12. The topological polar surface area (TPSA) is 43.0 Å². The predicted molar refractivity (Wildman–Crippen MR) is 73.0 cm³/mol. The van der Waals surface area contributed by atoms with Gasteiger partial charge in [0.05, 0.1) is 0 Å². The molecule has 92 valence electrons. The van der Waals surface area contributed by atoms with Gasteiger partial charge >= 0.3 is 0 Å². The summed E-state index contributed by atoms with van der Waals surface area (Å²) in [5, 5.41) is 4.51. The third-order valence-corrected chi connectivity index (χ3v) is 3.15. The second-order valence-electron chi connectivity index (χ2n) is 4.68. The first-order chi connectivity index (χ1) is 8.19. The van der Waals surface area contributed by atoms with Crippen molar-refractivity contribution in [3.05, 3.63) is 35.5 Å². The fourth-order valence-electron chi connectivity index (χ4n) is 2.47. The summed E-state index contributed by atoms with van der Waals surface area (Å²) in [6.45, 7) is 5.91. The fourth-order valence-corrected chi connectivity index (χ4v) is 2.47. The zero-order valence-corrected chi connectivity index (χ0v) is 10.8. The molecule has 3 heteroatoms. The van der Waals surface area contributed by atoms with Crippen LogP contribution in [0.25, 0.3) is 10.9 Å². The maximum atomic E-state index is 5.80. The highest BCUT2D eigenvalue weighted by atomic mass is 15.0. The van der Waals surface area contributed by atoms with Gasteiger partial charge in [-0.05, 0) is 38.6 Å². The van der Waals surface area contributed by atoms with Gasteiger partial charge in [-0.3, -0.25) is 0 Å². The summed E-state index contributed by atoms with van der Waals surface area (Å²) in [4.78, 5) is 0. The van der Waals surface area contributed by atoms with Gasteiger partial charge in [0.25, 0.3) is 0 Å². The first-order valence-electron chi connectivity index (χ1n) is 6.15. The number of benzene rings is 1. The smallest absolute Gasteiger partial charge is 0.0488 e. The van der Waals surface area contributed by atoms with Crippen LogP contribution in [0.5, 0.6) is 0 Å². The Balaban J connectivity index is 2.69. The highest BCUT2D eigenvalue weighted by Gasteiger charge is 2.12. The standard InChI is InChI=1S/C14H21N3/c1-10(2)17-12(9-16-3)7-13-11(8-15)5-4-6-14(13)17/h4-7,10,16H,8-9,15H2,1-3H3. The average molecular weight is 231 g/mol. The Bertz CT molecular complexity index is 511. The van der Waals surface area contributed by atoms with Crippen LogP contribution in [0.4, 0.5) is 0 Å². The first kappa shape index (κ1) is 12.1. The minimum Gasteiger partial charge on any atom is -0.341 e. The number of hydrogen-bond donors (Lipinski definition) is 2. The minimum atomic E-state index is 0.462. The number of nitrogens with zero attached hydrogens (tertiary/aromatic N) is 1. The predicted octanol–water partition coefficient (Wildman–Crippen LogP) is 2.40. The van der Waals surface area contributed by atoms with E-state index in [1.54, 1.807) is 0 Å². The molecule has 0 unspecified atom stereocenters. The Morgan fingerprint density at radius 3 is 2.71 bits per heavy atom. The second kappa shape index (κ2) is 4.90. The summed E-state index contributed by atoms with van der Waals surface area (Å²) in [7, 11) is 1.98. The summed E-state index contributed by atoms with van der Waals surface area (Å²) >= 11 is 0. The maximum absolute atomic E-state index is 5.80. The molecular formula is C14H21N3. The molecule has 2 aromatic rings. The Hall–Kier alpha value is -1.32. The van der Waals surface area contributed by atoms with Crippen LogP contribution in [0.2, 0.25) is 0 Å². The van der Waals surface area contributed by atoms with E-state index in [1.165, 1.54) is 22.2 Å². The van der Waals surface area contributed by atoms with Crippen LogP contribution in [-0.2, 0) is 13.1 Å². The normalized spacial score (nSPS) is 11.6. The van der Waals surface area contributed by atoms with E-state index in [9.17, 15) is 0 Å². The van der Waals surface area contributed by atoms with E-state index in [4.69, 9.17) is 5.73 Å². The molecule has 0 saturated heterocycles. The number of nitrogens with one attached hydrogen (secondary N) is 1. The van der Waals surface area contributed by atoms with Crippen LogP contribution in [0.3, 0.4) is 0 Å². The SMILES string of the molecule is CNCc1cc2c(CN)cccc2n1C(C)C. The van der Waals surface area contributed by atoms with E-state index in [0.29, 0.717) is 12.6 Å². The molecule has 0 saturated carbocycles. The number of aromatic nitrogens is 1. The molecule has 0 aliphatic carbocycles. The van der Waals surface area contributed by atoms with Crippen molar-refractivity contribution in [1.29, 1.82) is 0 Å². The quantitative estimate of drug-likeness (QED) is 0.848. The Morgan fingerprint density at radius 1 is 1.35 bits per heavy atom. The van der Waals surface area contributed by atoms with Crippen LogP contribution in [0.1, 0.15) is 31.1 Å². The number of nitrogens with two attached hydrogens (primary N) is 1. The Labute approximate surface area is 103 Å². The highest BCUT2D eigenvalue weighted by molar-refractivity contribution is 5.85. The largest absolute Gasteiger partial charge is 0.341 e. The van der Waals surface area contributed by atoms with Gasteiger partial charge in [0, 0.05) is 35.7 Å². The number of rotatable bonds is 4. The molecule has 2 rings (SSSR count). The molecule has 1 aromatic carbocycles. The van der Waals surface area contributed by atoms with Gasteiger partial charge < -0.3 is 15.6 Å². The van der Waals surface area contributed by atoms with E-state index in [-0.39, 0.29) is 0 Å². The second-order valence-corrected chi connectivity index (χ2v) is 4.68. The van der Waals surface area contributed by atoms with Crippen LogP contribution < -0.4 is 11.1 Å². The molecule has 3 nitrogen and oxygen atoms in total. The van der Waals surface area contributed by atoms with Gasteiger partial charge in [0.1, 0.15) is 0 Å². The summed E-state index contributed by atoms with van der Waals surface area (Å²) in [6, 6.07) is 9.09. The molecule has 0 spiro atoms. The van der Waals surface area contributed by atoms with E-state index in [0.717, 1.165) is 6.54 Å². The van der Waals surface area contributed by atoms with Crippen LogP contribution >= 0.6 is 0 Å². The lowest BCUT2D eigenvalue weighted by Gasteiger charge is -2.14. The molecule has 0 aliphatic rings. The molecule has 1 aromatic heterocycles. The van der Waals surface area contributed by atoms with Gasteiger partial charge in [-0.1, -0.05) is 12.1 Å². The summed E-state index contributed by atoms with van der Waals surface area (Å²) in [5.41, 5.74) is 9.63. The molecule has 17 heavy (non-hydrogen) atoms. The molecule has 0 atom stereocenters. The summed E-state index contributed by atoms with van der Waals surface area (Å²) in [5.74, 6) is 0. The van der Waals surface area contributed by atoms with Crippen molar-refractivity contribution >= 4 is 10.9 Å². The van der Waals surface area contributed by atoms with Gasteiger partial charge in [-0.2, -0.15) is 0 Å². The summed E-state index contributed by atoms with van der Waals surface area (Å²) in [6.07, 6.45) is 0. The zero-order valence-electron chi connectivity index (χ0n) is 10.8. The molecule has 0 amide bonds. The van der Waals surface area contributed by atoms with Crippen molar-refractivity contribution in [2.24, 2.45) is 5.73 Å². The van der Waals surface area contributed by atoms with E-state index in [1.807, 2.05) is 7.05 Å². The third kappa shape index (κ3) is 2.08. The first-order valence-corrected chi connectivity index (χ1v) is 6.15. The van der Waals surface area contributed by atoms with Gasteiger partial charge in [-0.15, -0.1) is 0 Å². The fraction of sp³-hybridized carbons (Fsp3) is 0.429. The lowest BCUT2D eigenvalue weighted by atomic mass is 10.1. The average Bonchev–Trinajstić information content (AvgIpc) is 2.67. The summed E-state index contributed by atoms with van der Waals surface area (Å²) < 4.78 is 2.38. The van der Waals surface area contributed by atoms with Crippen molar-refractivity contribution in [3.63, 3.8) is 0 Å². The van der Waals surface area contributed by atoms with Gasteiger partial charge in [-0.25, -0.2) is 0 Å². The Kier molecular flexibility index (Phi) is 3.50. The molecule has 0 bridgehead atoms. The monoisotopic (exact) mass is 231 g/mol. The third-order valence-electron chi connectivity index (χ3n) is 3.15. The lowest BCUT2D eigenvalue weighted by molar-refractivity contribution is 0.581. The highest BCUT2D eigenvalue weighted by Crippen LogP contribution is 2.26. The molecule has 0 fully saturated rings. The van der Waals surface area contributed by atoms with Crippen molar-refractivity contribution in [2.75, 3.05) is 7.05 Å². The van der Waals surface area contributed by atoms with Crippen molar-refractivity contribution in [1.82, 2.24) is 9.88 Å². The molecule has 1 heterocycles. The van der Waals surface area contributed by atoms with Crippen molar-refractivity contribution in [2.45, 2.75) is 33.0 Å². The van der Waals surface area contributed by atoms with Gasteiger partial charge in [0.15, 0.2) is 0 Å². The van der Waals surface area contributed by atoms with Gasteiger partial charge in [0.2, 0.25) is 0 Å². The molecular weight excluding hydrogens is 210 g/mol. The van der Waals surface area contributed by atoms with Crippen molar-refractivity contribution in [3.8, 4) is 0 Å². The van der Waals surface area contributed by atoms with Crippen LogP contribution in [0, 0.1) is 0 Å². The molecule has 0 radical (unpaired) electrons. The van der Waals surface area contributed by atoms with E-state index < -0.39 is 0 Å². The zero-order chi connectivity index (χ0) is 12.4. The van der Waals surface area contributed by atoms with Crippen LogP contribution in [0.15, 0.2) is 24.3 Å². The minimum absolute atomic E-state index is 0.462. The Morgan fingerprint density at radius 2 is 2.12 bits per heavy atom.